The summed E-state index contributed by atoms with van der Waals surface area (Å²) in [6.07, 6.45) is 5.66. The Morgan fingerprint density at radius 2 is 1.88 bits per heavy atom. The van der Waals surface area contributed by atoms with E-state index in [-0.39, 0.29) is 30.8 Å². The zero-order valence-corrected chi connectivity index (χ0v) is 18.6. The average Bonchev–Trinajstić information content (AvgIpc) is 3.17. The van der Waals surface area contributed by atoms with E-state index in [1.807, 2.05) is 19.1 Å². The van der Waals surface area contributed by atoms with Crippen LogP contribution in [0.15, 0.2) is 67.1 Å². The van der Waals surface area contributed by atoms with Gasteiger partial charge >= 0.3 is 0 Å². The summed E-state index contributed by atoms with van der Waals surface area (Å²) in [7, 11) is 0. The van der Waals surface area contributed by atoms with Crippen molar-refractivity contribution in [1.82, 2.24) is 14.9 Å². The maximum Gasteiger partial charge on any atom is 0.258 e. The molecule has 1 aromatic carbocycles. The normalized spacial score (nSPS) is 19.0. The minimum Gasteiger partial charge on any atom is -0.485 e. The maximum atomic E-state index is 13.3. The quantitative estimate of drug-likeness (QED) is 0.610. The Morgan fingerprint density at radius 3 is 2.71 bits per heavy atom. The topological polar surface area (TPSA) is 105 Å². The molecule has 1 fully saturated rings. The van der Waals surface area contributed by atoms with Gasteiger partial charge in [-0.25, -0.2) is 4.98 Å². The molecule has 0 bridgehead atoms. The summed E-state index contributed by atoms with van der Waals surface area (Å²) < 4.78 is 5.85. The van der Waals surface area contributed by atoms with Gasteiger partial charge in [0.1, 0.15) is 18.8 Å². The summed E-state index contributed by atoms with van der Waals surface area (Å²) in [6, 6.07) is 14.1. The van der Waals surface area contributed by atoms with E-state index < -0.39 is 11.6 Å². The van der Waals surface area contributed by atoms with Gasteiger partial charge in [0.05, 0.1) is 11.3 Å². The third-order valence-electron chi connectivity index (χ3n) is 6.22. The third-order valence-corrected chi connectivity index (χ3v) is 6.22. The summed E-state index contributed by atoms with van der Waals surface area (Å²) in [4.78, 5) is 50.4. The van der Waals surface area contributed by atoms with Crippen LogP contribution in [-0.2, 0) is 16.2 Å². The molecular weight excluding hydrogens is 434 g/mol. The number of pyridine rings is 2. The minimum atomic E-state index is -0.912. The van der Waals surface area contributed by atoms with Crippen molar-refractivity contribution in [2.24, 2.45) is 0 Å². The van der Waals surface area contributed by atoms with Gasteiger partial charge < -0.3 is 15.0 Å². The van der Waals surface area contributed by atoms with E-state index >= 15 is 0 Å². The van der Waals surface area contributed by atoms with Crippen LogP contribution in [0.4, 0.5) is 11.5 Å². The van der Waals surface area contributed by atoms with Crippen LogP contribution in [0.5, 0.6) is 5.75 Å². The van der Waals surface area contributed by atoms with Gasteiger partial charge in [-0.15, -0.1) is 0 Å². The molecule has 0 aliphatic carbocycles. The van der Waals surface area contributed by atoms with Crippen molar-refractivity contribution in [3.8, 4) is 5.75 Å². The van der Waals surface area contributed by atoms with E-state index in [2.05, 4.69) is 15.3 Å². The van der Waals surface area contributed by atoms with Gasteiger partial charge in [0.25, 0.3) is 5.91 Å². The Hall–Kier alpha value is -4.27. The molecule has 0 spiro atoms. The fraction of sp³-hybridized carbons (Fsp3) is 0.240. The number of rotatable bonds is 6. The lowest BCUT2D eigenvalue weighted by Gasteiger charge is -2.48. The van der Waals surface area contributed by atoms with Crippen LogP contribution in [0, 0.1) is 0 Å². The first-order valence-electron chi connectivity index (χ1n) is 11.0. The number of hydrogen-bond acceptors (Lipinski definition) is 6. The predicted molar refractivity (Wildman–Crippen MR) is 124 cm³/mol. The Morgan fingerprint density at radius 1 is 1.09 bits per heavy atom. The van der Waals surface area contributed by atoms with Crippen LogP contribution in [-0.4, -0.2) is 44.8 Å². The number of fused-ring (bicyclic) bond motifs is 3. The summed E-state index contributed by atoms with van der Waals surface area (Å²) in [5.41, 5.74) is 1.01. The number of para-hydroxylation sites is 1. The Balaban J connectivity index is 1.35. The number of amides is 3. The van der Waals surface area contributed by atoms with Crippen LogP contribution >= 0.6 is 0 Å². The Kier molecular flexibility index (Phi) is 5.45. The van der Waals surface area contributed by atoms with Crippen molar-refractivity contribution in [3.05, 3.63) is 78.2 Å². The van der Waals surface area contributed by atoms with Gasteiger partial charge in [-0.05, 0) is 55.3 Å². The van der Waals surface area contributed by atoms with Crippen molar-refractivity contribution < 1.29 is 19.1 Å². The number of hydrogen-bond donors (Lipinski definition) is 1. The molecule has 1 atom stereocenters. The summed E-state index contributed by atoms with van der Waals surface area (Å²) in [5.74, 6) is -0.109. The first-order valence-corrected chi connectivity index (χ1v) is 11.0. The van der Waals surface area contributed by atoms with Crippen molar-refractivity contribution in [2.75, 3.05) is 16.8 Å². The van der Waals surface area contributed by atoms with Gasteiger partial charge in [-0.3, -0.25) is 24.3 Å². The van der Waals surface area contributed by atoms with Gasteiger partial charge in [-0.1, -0.05) is 12.1 Å². The Labute approximate surface area is 196 Å². The highest BCUT2D eigenvalue weighted by atomic mass is 16.5. The molecule has 2 aromatic heterocycles. The summed E-state index contributed by atoms with van der Waals surface area (Å²) in [6.45, 7) is 1.88. The zero-order chi connectivity index (χ0) is 23.7. The van der Waals surface area contributed by atoms with E-state index in [4.69, 9.17) is 4.74 Å². The largest absolute Gasteiger partial charge is 0.485 e. The van der Waals surface area contributed by atoms with Crippen molar-refractivity contribution in [1.29, 1.82) is 0 Å². The molecular formula is C25H23N5O4. The second-order valence-corrected chi connectivity index (χ2v) is 8.40. The number of aromatic nitrogens is 2. The van der Waals surface area contributed by atoms with E-state index in [1.54, 1.807) is 59.9 Å². The summed E-state index contributed by atoms with van der Waals surface area (Å²) >= 11 is 0. The van der Waals surface area contributed by atoms with Gasteiger partial charge in [-0.2, -0.15) is 0 Å². The van der Waals surface area contributed by atoms with Crippen molar-refractivity contribution in [2.45, 2.75) is 32.0 Å². The smallest absolute Gasteiger partial charge is 0.258 e. The lowest BCUT2D eigenvalue weighted by Crippen LogP contribution is -2.63. The molecule has 0 radical (unpaired) electrons. The predicted octanol–water partition coefficient (Wildman–Crippen LogP) is 2.99. The monoisotopic (exact) mass is 457 g/mol. The number of carbonyl (C=O) groups excluding carboxylic acids is 3. The third kappa shape index (κ3) is 3.75. The zero-order valence-electron chi connectivity index (χ0n) is 18.6. The highest BCUT2D eigenvalue weighted by Gasteiger charge is 2.53. The minimum absolute atomic E-state index is 0.0654. The van der Waals surface area contributed by atoms with Crippen LogP contribution in [0.3, 0.4) is 0 Å². The van der Waals surface area contributed by atoms with Crippen molar-refractivity contribution >= 4 is 29.2 Å². The molecule has 4 heterocycles. The van der Waals surface area contributed by atoms with Crippen LogP contribution in [0.1, 0.15) is 35.7 Å². The van der Waals surface area contributed by atoms with E-state index in [0.29, 0.717) is 29.8 Å². The standard InChI is InChI=1S/C25H23N5O4/c1-25-11-8-22(32)30(25)19-6-3-2-5-18(19)24(33)29(25)15-21(31)28-23-20(7-4-12-27-23)34-16-17-9-13-26-14-10-17/h2-7,9-10,12-14H,8,11,15-16H2,1H3,(H,27,28,31). The number of carbonyl (C=O) groups is 3. The fourth-order valence-corrected chi connectivity index (χ4v) is 4.50. The van der Waals surface area contributed by atoms with Crippen molar-refractivity contribution in [3.63, 3.8) is 0 Å². The first-order chi connectivity index (χ1) is 16.5. The molecule has 34 heavy (non-hydrogen) atoms. The molecule has 3 amide bonds. The molecule has 2 aliphatic heterocycles. The Bertz CT molecular complexity index is 1260. The SMILES string of the molecule is CC12CCC(=O)N1c1ccccc1C(=O)N2CC(=O)Nc1ncccc1OCc1ccncc1. The number of nitrogens with zero attached hydrogens (tertiary/aromatic N) is 4. The van der Waals surface area contributed by atoms with Crippen LogP contribution in [0.25, 0.3) is 0 Å². The lowest BCUT2D eigenvalue weighted by atomic mass is 9.98. The highest BCUT2D eigenvalue weighted by molar-refractivity contribution is 6.11. The molecule has 1 unspecified atom stereocenters. The van der Waals surface area contributed by atoms with E-state index in [9.17, 15) is 14.4 Å². The molecule has 9 nitrogen and oxygen atoms in total. The molecule has 1 N–H and O–H groups in total. The molecule has 3 aromatic rings. The second kappa shape index (κ2) is 8.58. The fourth-order valence-electron chi connectivity index (χ4n) is 4.50. The molecule has 1 saturated heterocycles. The molecule has 2 aliphatic rings. The highest BCUT2D eigenvalue weighted by Crippen LogP contribution is 2.43. The van der Waals surface area contributed by atoms with Gasteiger partial charge in [0.15, 0.2) is 11.6 Å². The van der Waals surface area contributed by atoms with Crippen LogP contribution < -0.4 is 15.0 Å². The number of benzene rings is 1. The number of anilines is 2. The van der Waals surface area contributed by atoms with E-state index in [0.717, 1.165) is 5.56 Å². The lowest BCUT2D eigenvalue weighted by molar-refractivity contribution is -0.120. The van der Waals surface area contributed by atoms with E-state index in [1.165, 1.54) is 4.90 Å². The maximum absolute atomic E-state index is 13.3. The second-order valence-electron chi connectivity index (χ2n) is 8.40. The first kappa shape index (κ1) is 21.6. The van der Waals surface area contributed by atoms with Gasteiger partial charge in [0.2, 0.25) is 11.8 Å². The molecule has 172 valence electrons. The number of nitrogens with one attached hydrogen (secondary N) is 1. The number of ether oxygens (including phenoxy) is 1. The van der Waals surface area contributed by atoms with Gasteiger partial charge in [0, 0.05) is 25.0 Å². The molecule has 9 heteroatoms. The summed E-state index contributed by atoms with van der Waals surface area (Å²) in [5, 5.41) is 2.76. The average molecular weight is 457 g/mol. The molecule has 5 rings (SSSR count). The van der Waals surface area contributed by atoms with Crippen LogP contribution in [0.2, 0.25) is 0 Å². The molecule has 0 saturated carbocycles.